The smallest absolute Gasteiger partial charge is 0.243 e. The van der Waals surface area contributed by atoms with Crippen molar-refractivity contribution in [3.63, 3.8) is 0 Å². The van der Waals surface area contributed by atoms with E-state index in [1.807, 2.05) is 6.92 Å². The number of rotatable bonds is 5. The van der Waals surface area contributed by atoms with E-state index in [4.69, 9.17) is 0 Å². The van der Waals surface area contributed by atoms with Gasteiger partial charge in [0.1, 0.15) is 11.6 Å². The van der Waals surface area contributed by atoms with Crippen LogP contribution in [0.2, 0.25) is 0 Å². The summed E-state index contributed by atoms with van der Waals surface area (Å²) < 4.78 is 53.3. The molecule has 1 aliphatic rings. The maximum absolute atomic E-state index is 13.6. The van der Waals surface area contributed by atoms with Gasteiger partial charge in [0.05, 0.1) is 17.1 Å². The highest BCUT2D eigenvalue weighted by Crippen LogP contribution is 2.19. The first-order valence-electron chi connectivity index (χ1n) is 8.80. The lowest BCUT2D eigenvalue weighted by molar-refractivity contribution is -0.117. The van der Waals surface area contributed by atoms with Crippen molar-refractivity contribution < 1.29 is 22.0 Å². The number of amides is 1. The Labute approximate surface area is 162 Å². The standard InChI is InChI=1S/C19H21F2N3O3S/c1-14-2-5-16(6-3-14)28(26,27)24-10-8-23(9-11-24)13-19(25)22-18-7-4-15(20)12-17(18)21/h2-7,12H,8-11,13H2,1H3,(H,22,25). The van der Waals surface area contributed by atoms with E-state index < -0.39 is 27.6 Å². The van der Waals surface area contributed by atoms with Gasteiger partial charge in [-0.25, -0.2) is 17.2 Å². The Bertz CT molecular complexity index is 957. The molecule has 0 spiro atoms. The largest absolute Gasteiger partial charge is 0.322 e. The molecule has 150 valence electrons. The highest BCUT2D eigenvalue weighted by atomic mass is 32.2. The molecular formula is C19H21F2N3O3S. The monoisotopic (exact) mass is 409 g/mol. The Hall–Kier alpha value is -2.36. The Morgan fingerprint density at radius 3 is 2.29 bits per heavy atom. The summed E-state index contributed by atoms with van der Waals surface area (Å²) in [5.41, 5.74) is 0.888. The maximum Gasteiger partial charge on any atom is 0.243 e. The second kappa shape index (κ2) is 8.34. The van der Waals surface area contributed by atoms with Gasteiger partial charge in [0.2, 0.25) is 15.9 Å². The lowest BCUT2D eigenvalue weighted by Gasteiger charge is -2.33. The summed E-state index contributed by atoms with van der Waals surface area (Å²) in [5.74, 6) is -2.01. The molecule has 28 heavy (non-hydrogen) atoms. The number of carbonyl (C=O) groups excluding carboxylic acids is 1. The van der Waals surface area contributed by atoms with Gasteiger partial charge < -0.3 is 5.32 Å². The highest BCUT2D eigenvalue weighted by molar-refractivity contribution is 7.89. The Balaban J connectivity index is 1.55. The zero-order chi connectivity index (χ0) is 20.3. The van der Waals surface area contributed by atoms with Gasteiger partial charge in [-0.1, -0.05) is 17.7 Å². The van der Waals surface area contributed by atoms with E-state index in [-0.39, 0.29) is 30.2 Å². The van der Waals surface area contributed by atoms with E-state index >= 15 is 0 Å². The summed E-state index contributed by atoms with van der Waals surface area (Å²) in [6.07, 6.45) is 0. The van der Waals surface area contributed by atoms with Crippen LogP contribution in [0.1, 0.15) is 5.56 Å². The number of hydrogen-bond acceptors (Lipinski definition) is 4. The number of carbonyl (C=O) groups is 1. The number of benzene rings is 2. The molecule has 0 saturated carbocycles. The van der Waals surface area contributed by atoms with Crippen LogP contribution in [0.25, 0.3) is 0 Å². The average Bonchev–Trinajstić information content (AvgIpc) is 2.65. The Morgan fingerprint density at radius 2 is 1.68 bits per heavy atom. The first kappa shape index (κ1) is 20.4. The van der Waals surface area contributed by atoms with Crippen molar-refractivity contribution >= 4 is 21.6 Å². The van der Waals surface area contributed by atoms with Crippen molar-refractivity contribution in [2.45, 2.75) is 11.8 Å². The molecular weight excluding hydrogens is 388 g/mol. The molecule has 3 rings (SSSR count). The Kier molecular flexibility index (Phi) is 6.07. The van der Waals surface area contributed by atoms with Crippen LogP contribution in [-0.2, 0) is 14.8 Å². The molecule has 2 aromatic rings. The third-order valence-electron chi connectivity index (χ3n) is 4.56. The minimum Gasteiger partial charge on any atom is -0.322 e. The summed E-state index contributed by atoms with van der Waals surface area (Å²) in [4.78, 5) is 14.1. The molecule has 1 N–H and O–H groups in total. The van der Waals surface area contributed by atoms with E-state index in [1.165, 1.54) is 4.31 Å². The SMILES string of the molecule is Cc1ccc(S(=O)(=O)N2CCN(CC(=O)Nc3ccc(F)cc3F)CC2)cc1. The third-order valence-corrected chi connectivity index (χ3v) is 6.48. The fourth-order valence-electron chi connectivity index (χ4n) is 2.97. The lowest BCUT2D eigenvalue weighted by atomic mass is 10.2. The molecule has 0 bridgehead atoms. The van der Waals surface area contributed by atoms with Crippen molar-refractivity contribution in [1.29, 1.82) is 0 Å². The Morgan fingerprint density at radius 1 is 1.04 bits per heavy atom. The molecule has 1 fully saturated rings. The van der Waals surface area contributed by atoms with Gasteiger partial charge >= 0.3 is 0 Å². The second-order valence-electron chi connectivity index (χ2n) is 6.67. The molecule has 9 heteroatoms. The van der Waals surface area contributed by atoms with Crippen molar-refractivity contribution in [2.24, 2.45) is 0 Å². The molecule has 0 atom stereocenters. The first-order chi connectivity index (χ1) is 13.3. The van der Waals surface area contributed by atoms with Crippen molar-refractivity contribution in [3.8, 4) is 0 Å². The number of halogens is 2. The first-order valence-corrected chi connectivity index (χ1v) is 10.2. The van der Waals surface area contributed by atoms with Crippen LogP contribution in [-0.4, -0.2) is 56.3 Å². The molecule has 1 aliphatic heterocycles. The van der Waals surface area contributed by atoms with Crippen molar-refractivity contribution in [1.82, 2.24) is 9.21 Å². The minimum absolute atomic E-state index is 0.00473. The van der Waals surface area contributed by atoms with Crippen LogP contribution in [0.15, 0.2) is 47.4 Å². The van der Waals surface area contributed by atoms with Crippen LogP contribution < -0.4 is 5.32 Å². The normalized spacial score (nSPS) is 16.1. The van der Waals surface area contributed by atoms with Crippen LogP contribution in [0.3, 0.4) is 0 Å². The molecule has 0 aromatic heterocycles. The number of nitrogens with one attached hydrogen (secondary N) is 1. The van der Waals surface area contributed by atoms with Gasteiger partial charge in [-0.05, 0) is 31.2 Å². The van der Waals surface area contributed by atoms with Gasteiger partial charge in [0.15, 0.2) is 0 Å². The van der Waals surface area contributed by atoms with E-state index in [2.05, 4.69) is 5.32 Å². The number of anilines is 1. The quantitative estimate of drug-likeness (QED) is 0.822. The third kappa shape index (κ3) is 4.73. The molecule has 1 amide bonds. The van der Waals surface area contributed by atoms with Crippen molar-refractivity contribution in [2.75, 3.05) is 38.0 Å². The van der Waals surface area contributed by atoms with Gasteiger partial charge in [-0.2, -0.15) is 4.31 Å². The average molecular weight is 409 g/mol. The van der Waals surface area contributed by atoms with Gasteiger partial charge in [0, 0.05) is 32.2 Å². The van der Waals surface area contributed by atoms with E-state index in [9.17, 15) is 22.0 Å². The number of sulfonamides is 1. The van der Waals surface area contributed by atoms with E-state index in [1.54, 1.807) is 29.2 Å². The molecule has 0 unspecified atom stereocenters. The van der Waals surface area contributed by atoms with Crippen LogP contribution in [0.4, 0.5) is 14.5 Å². The summed E-state index contributed by atoms with van der Waals surface area (Å²) in [6, 6.07) is 9.60. The van der Waals surface area contributed by atoms with Gasteiger partial charge in [-0.15, -0.1) is 0 Å². The fraction of sp³-hybridized carbons (Fsp3) is 0.316. The summed E-state index contributed by atoms with van der Waals surface area (Å²) in [5, 5.41) is 2.40. The zero-order valence-corrected chi connectivity index (χ0v) is 16.2. The molecule has 1 saturated heterocycles. The minimum atomic E-state index is -3.57. The predicted octanol–water partition coefficient (Wildman–Crippen LogP) is 2.22. The topological polar surface area (TPSA) is 69.7 Å². The molecule has 6 nitrogen and oxygen atoms in total. The van der Waals surface area contributed by atoms with Gasteiger partial charge in [0.25, 0.3) is 0 Å². The molecule has 0 radical (unpaired) electrons. The molecule has 0 aliphatic carbocycles. The number of aryl methyl sites for hydroxylation is 1. The second-order valence-corrected chi connectivity index (χ2v) is 8.60. The van der Waals surface area contributed by atoms with Crippen LogP contribution in [0, 0.1) is 18.6 Å². The fourth-order valence-corrected chi connectivity index (χ4v) is 4.39. The van der Waals surface area contributed by atoms with Gasteiger partial charge in [-0.3, -0.25) is 9.69 Å². The molecule has 1 heterocycles. The van der Waals surface area contributed by atoms with E-state index in [0.29, 0.717) is 19.2 Å². The summed E-state index contributed by atoms with van der Waals surface area (Å²) in [7, 11) is -3.57. The maximum atomic E-state index is 13.6. The van der Waals surface area contributed by atoms with Crippen LogP contribution in [0.5, 0.6) is 0 Å². The van der Waals surface area contributed by atoms with Crippen LogP contribution >= 0.6 is 0 Å². The lowest BCUT2D eigenvalue weighted by Crippen LogP contribution is -2.50. The number of nitrogens with zero attached hydrogens (tertiary/aromatic N) is 2. The summed E-state index contributed by atoms with van der Waals surface area (Å²) >= 11 is 0. The predicted molar refractivity (Wildman–Crippen MR) is 101 cm³/mol. The van der Waals surface area contributed by atoms with E-state index in [0.717, 1.165) is 17.7 Å². The van der Waals surface area contributed by atoms with Crippen molar-refractivity contribution in [3.05, 3.63) is 59.7 Å². The summed E-state index contributed by atoms with van der Waals surface area (Å²) in [6.45, 7) is 3.16. The number of hydrogen-bond donors (Lipinski definition) is 1. The molecule has 2 aromatic carbocycles. The highest BCUT2D eigenvalue weighted by Gasteiger charge is 2.29. The zero-order valence-electron chi connectivity index (χ0n) is 15.4. The number of piperazine rings is 1.